The monoisotopic (exact) mass is 417 g/mol. The van der Waals surface area contributed by atoms with Crippen LogP contribution in [0, 0.1) is 0 Å². The normalized spacial score (nSPS) is 17.0. The van der Waals surface area contributed by atoms with Gasteiger partial charge in [0, 0.05) is 63.4 Å². The summed E-state index contributed by atoms with van der Waals surface area (Å²) in [6.07, 6.45) is 6.14. The fraction of sp³-hybridized carbons (Fsp3) is 0.360. The van der Waals surface area contributed by atoms with Gasteiger partial charge in [0.05, 0.1) is 5.70 Å². The lowest BCUT2D eigenvalue weighted by Gasteiger charge is -2.31. The third kappa shape index (κ3) is 4.97. The first-order valence-corrected chi connectivity index (χ1v) is 11.0. The van der Waals surface area contributed by atoms with E-state index < -0.39 is 0 Å². The molecule has 0 unspecified atom stereocenters. The summed E-state index contributed by atoms with van der Waals surface area (Å²) in [6, 6.07) is 14.7. The Kier molecular flexibility index (Phi) is 6.67. The number of aliphatic imine (C=N–C) groups is 1. The predicted octanol–water partition coefficient (Wildman–Crippen LogP) is 3.05. The molecule has 2 aromatic rings. The summed E-state index contributed by atoms with van der Waals surface area (Å²) < 4.78 is 0. The van der Waals surface area contributed by atoms with Crippen molar-refractivity contribution in [2.75, 3.05) is 38.5 Å². The Bertz CT molecular complexity index is 997. The molecule has 1 amide bonds. The van der Waals surface area contributed by atoms with Gasteiger partial charge in [0.2, 0.25) is 0 Å². The van der Waals surface area contributed by atoms with Crippen molar-refractivity contribution < 1.29 is 4.79 Å². The average molecular weight is 418 g/mol. The maximum Gasteiger partial charge on any atom is 0.254 e. The lowest BCUT2D eigenvalue weighted by molar-refractivity contribution is 0.0730. The minimum Gasteiger partial charge on any atom is -0.403 e. The molecule has 0 bridgehead atoms. The minimum atomic E-state index is 0.122. The number of anilines is 1. The van der Waals surface area contributed by atoms with Gasteiger partial charge in [-0.1, -0.05) is 30.3 Å². The van der Waals surface area contributed by atoms with Crippen LogP contribution in [0.4, 0.5) is 5.69 Å². The van der Waals surface area contributed by atoms with Crippen LogP contribution < -0.4 is 11.1 Å². The smallest absolute Gasteiger partial charge is 0.254 e. The molecule has 2 aliphatic heterocycles. The summed E-state index contributed by atoms with van der Waals surface area (Å²) in [5, 5.41) is 3.22. The second-order valence-corrected chi connectivity index (χ2v) is 8.20. The van der Waals surface area contributed by atoms with Crippen molar-refractivity contribution in [3.05, 3.63) is 76.6 Å². The Morgan fingerprint density at radius 2 is 1.90 bits per heavy atom. The molecule has 0 saturated heterocycles. The van der Waals surface area contributed by atoms with Crippen LogP contribution in [-0.4, -0.2) is 55.1 Å². The van der Waals surface area contributed by atoms with Crippen molar-refractivity contribution in [1.29, 1.82) is 0 Å². The van der Waals surface area contributed by atoms with Gasteiger partial charge in [0.1, 0.15) is 0 Å². The molecule has 4 rings (SSSR count). The molecule has 31 heavy (non-hydrogen) atoms. The topological polar surface area (TPSA) is 74.0 Å². The highest BCUT2D eigenvalue weighted by atomic mass is 16.2. The Labute approximate surface area is 184 Å². The Morgan fingerprint density at radius 1 is 1.10 bits per heavy atom. The quantitative estimate of drug-likeness (QED) is 0.679. The number of amides is 1. The van der Waals surface area contributed by atoms with E-state index in [0.29, 0.717) is 5.70 Å². The van der Waals surface area contributed by atoms with Crippen molar-refractivity contribution in [3.8, 4) is 0 Å². The van der Waals surface area contributed by atoms with E-state index in [4.69, 9.17) is 5.73 Å². The van der Waals surface area contributed by atoms with Gasteiger partial charge in [0.15, 0.2) is 0 Å². The van der Waals surface area contributed by atoms with E-state index in [1.54, 1.807) is 13.3 Å². The van der Waals surface area contributed by atoms with Crippen LogP contribution >= 0.6 is 0 Å². The van der Waals surface area contributed by atoms with Gasteiger partial charge in [-0.3, -0.25) is 14.7 Å². The molecular formula is C25H31N5O. The number of hydrogen-bond acceptors (Lipinski definition) is 5. The van der Waals surface area contributed by atoms with Gasteiger partial charge in [0.25, 0.3) is 5.91 Å². The van der Waals surface area contributed by atoms with E-state index in [0.717, 1.165) is 68.8 Å². The average Bonchev–Trinajstić information content (AvgIpc) is 2.80. The fourth-order valence-electron chi connectivity index (χ4n) is 4.46. The van der Waals surface area contributed by atoms with Crippen LogP contribution in [0.25, 0.3) is 0 Å². The zero-order valence-corrected chi connectivity index (χ0v) is 18.2. The third-order valence-electron chi connectivity index (χ3n) is 6.13. The molecule has 0 atom stereocenters. The number of carbonyl (C=O) groups is 1. The van der Waals surface area contributed by atoms with Crippen LogP contribution in [-0.2, 0) is 19.4 Å². The van der Waals surface area contributed by atoms with E-state index in [-0.39, 0.29) is 5.91 Å². The fourth-order valence-corrected chi connectivity index (χ4v) is 4.46. The number of carbonyl (C=O) groups excluding carboxylic acids is 1. The van der Waals surface area contributed by atoms with Gasteiger partial charge in [-0.15, -0.1) is 0 Å². The zero-order chi connectivity index (χ0) is 21.6. The van der Waals surface area contributed by atoms with E-state index >= 15 is 0 Å². The third-order valence-corrected chi connectivity index (χ3v) is 6.13. The van der Waals surface area contributed by atoms with Gasteiger partial charge in [-0.05, 0) is 48.1 Å². The maximum atomic E-state index is 13.1. The lowest BCUT2D eigenvalue weighted by Crippen LogP contribution is -2.40. The molecular weight excluding hydrogens is 386 g/mol. The number of allylic oxidation sites excluding steroid dienone is 1. The van der Waals surface area contributed by atoms with E-state index in [1.807, 2.05) is 23.1 Å². The van der Waals surface area contributed by atoms with Crippen LogP contribution in [0.3, 0.4) is 0 Å². The van der Waals surface area contributed by atoms with Crippen molar-refractivity contribution in [1.82, 2.24) is 9.80 Å². The minimum absolute atomic E-state index is 0.122. The second kappa shape index (κ2) is 9.79. The van der Waals surface area contributed by atoms with Crippen LogP contribution in [0.2, 0.25) is 0 Å². The highest BCUT2D eigenvalue weighted by Crippen LogP contribution is 2.24. The van der Waals surface area contributed by atoms with Crippen molar-refractivity contribution in [2.45, 2.75) is 25.8 Å². The Morgan fingerprint density at radius 3 is 2.71 bits per heavy atom. The van der Waals surface area contributed by atoms with Crippen LogP contribution in [0.5, 0.6) is 0 Å². The SMILES string of the molecule is CN=CC(=CN)Nc1ccc2c(c1)C(=O)N(CCCN1CCc3ccccc3C1)CC2. The molecule has 0 aliphatic carbocycles. The summed E-state index contributed by atoms with van der Waals surface area (Å²) in [5.74, 6) is 0.122. The maximum absolute atomic E-state index is 13.1. The van der Waals surface area contributed by atoms with E-state index in [9.17, 15) is 4.79 Å². The van der Waals surface area contributed by atoms with Gasteiger partial charge in [-0.25, -0.2) is 0 Å². The predicted molar refractivity (Wildman–Crippen MR) is 126 cm³/mol. The van der Waals surface area contributed by atoms with Crippen LogP contribution in [0.15, 0.2) is 59.4 Å². The summed E-state index contributed by atoms with van der Waals surface area (Å²) in [4.78, 5) is 21.6. The number of rotatable bonds is 7. The number of nitrogens with zero attached hydrogens (tertiary/aromatic N) is 3. The molecule has 2 heterocycles. The molecule has 0 fully saturated rings. The van der Waals surface area contributed by atoms with E-state index in [1.165, 1.54) is 17.3 Å². The molecule has 162 valence electrons. The second-order valence-electron chi connectivity index (χ2n) is 8.20. The molecule has 0 saturated carbocycles. The molecule has 3 N–H and O–H groups in total. The molecule has 2 aromatic carbocycles. The van der Waals surface area contributed by atoms with Crippen molar-refractivity contribution >= 4 is 17.8 Å². The largest absolute Gasteiger partial charge is 0.403 e. The first-order chi connectivity index (χ1) is 15.2. The van der Waals surface area contributed by atoms with Gasteiger partial charge < -0.3 is 16.0 Å². The summed E-state index contributed by atoms with van der Waals surface area (Å²) in [7, 11) is 1.70. The Hall–Kier alpha value is -3.12. The highest BCUT2D eigenvalue weighted by molar-refractivity contribution is 5.98. The van der Waals surface area contributed by atoms with E-state index in [2.05, 4.69) is 39.5 Å². The molecule has 0 aromatic heterocycles. The number of nitrogens with two attached hydrogens (primary N) is 1. The lowest BCUT2D eigenvalue weighted by atomic mass is 9.98. The van der Waals surface area contributed by atoms with Gasteiger partial charge in [-0.2, -0.15) is 0 Å². The number of nitrogens with one attached hydrogen (secondary N) is 1. The molecule has 6 heteroatoms. The molecule has 2 aliphatic rings. The highest BCUT2D eigenvalue weighted by Gasteiger charge is 2.24. The molecule has 0 spiro atoms. The molecule has 6 nitrogen and oxygen atoms in total. The number of benzene rings is 2. The van der Waals surface area contributed by atoms with Crippen molar-refractivity contribution in [3.63, 3.8) is 0 Å². The van der Waals surface area contributed by atoms with Crippen LogP contribution in [0.1, 0.15) is 33.5 Å². The van der Waals surface area contributed by atoms with Crippen molar-refractivity contribution in [2.24, 2.45) is 10.7 Å². The zero-order valence-electron chi connectivity index (χ0n) is 18.2. The summed E-state index contributed by atoms with van der Waals surface area (Å²) >= 11 is 0. The Balaban J connectivity index is 1.34. The standard InChI is InChI=1S/C25H31N5O/c1-27-17-23(16-26)28-22-8-7-20-10-14-30(25(31)24(20)15-22)12-4-11-29-13-9-19-5-2-3-6-21(19)18-29/h2-3,5-8,15-17,28H,4,9-14,18,26H2,1H3. The summed E-state index contributed by atoms with van der Waals surface area (Å²) in [6.45, 7) is 4.72. The molecule has 0 radical (unpaired) electrons. The number of hydrogen-bond donors (Lipinski definition) is 2. The summed E-state index contributed by atoms with van der Waals surface area (Å²) in [5.41, 5.74) is 12.0. The van der Waals surface area contributed by atoms with Gasteiger partial charge >= 0.3 is 0 Å². The first kappa shape index (κ1) is 21.1. The number of fused-ring (bicyclic) bond motifs is 2. The first-order valence-electron chi connectivity index (χ1n) is 11.0.